The van der Waals surface area contributed by atoms with E-state index in [0.29, 0.717) is 24.5 Å². The predicted molar refractivity (Wildman–Crippen MR) is 56.7 cm³/mol. The zero-order valence-electron chi connectivity index (χ0n) is 8.50. The van der Waals surface area contributed by atoms with E-state index in [1.807, 2.05) is 0 Å². The summed E-state index contributed by atoms with van der Waals surface area (Å²) in [6.45, 7) is 0.437. The van der Waals surface area contributed by atoms with Crippen LogP contribution in [-0.4, -0.2) is 16.5 Å². The maximum absolute atomic E-state index is 13.4. The van der Waals surface area contributed by atoms with Gasteiger partial charge in [-0.25, -0.2) is 13.8 Å². The first kappa shape index (κ1) is 10.8. The number of nitrogens with zero attached hydrogens (tertiary/aromatic N) is 1. The van der Waals surface area contributed by atoms with Crippen molar-refractivity contribution in [3.8, 4) is 11.3 Å². The van der Waals surface area contributed by atoms with Gasteiger partial charge in [-0.05, 0) is 18.7 Å². The van der Waals surface area contributed by atoms with Gasteiger partial charge in [0, 0.05) is 6.42 Å². The number of imidazole rings is 1. The van der Waals surface area contributed by atoms with Gasteiger partial charge in [0.25, 0.3) is 0 Å². The standard InChI is InChI=1S/C11H11F2N3/c12-7-2-1-3-8(13)11(7)9-6-15-10(16-9)4-5-14/h1-3,6H,4-5,14H2,(H,15,16). The van der Waals surface area contributed by atoms with Crippen LogP contribution in [0.4, 0.5) is 8.78 Å². The molecule has 0 amide bonds. The summed E-state index contributed by atoms with van der Waals surface area (Å²) in [6, 6.07) is 3.75. The Balaban J connectivity index is 2.42. The second-order valence-electron chi connectivity index (χ2n) is 3.38. The molecule has 2 rings (SSSR count). The minimum atomic E-state index is -0.608. The number of rotatable bonds is 3. The van der Waals surface area contributed by atoms with Gasteiger partial charge in [-0.2, -0.15) is 0 Å². The molecule has 0 unspecified atom stereocenters. The number of benzene rings is 1. The van der Waals surface area contributed by atoms with Gasteiger partial charge < -0.3 is 10.7 Å². The highest BCUT2D eigenvalue weighted by Crippen LogP contribution is 2.24. The number of aromatic amines is 1. The Morgan fingerprint density at radius 3 is 2.56 bits per heavy atom. The number of hydrogen-bond donors (Lipinski definition) is 2. The zero-order chi connectivity index (χ0) is 11.5. The molecule has 1 heterocycles. The van der Waals surface area contributed by atoms with Crippen LogP contribution in [0.2, 0.25) is 0 Å². The van der Waals surface area contributed by atoms with Crippen LogP contribution in [0.15, 0.2) is 24.4 Å². The van der Waals surface area contributed by atoms with Crippen molar-refractivity contribution in [1.82, 2.24) is 9.97 Å². The molecule has 1 aromatic heterocycles. The minimum absolute atomic E-state index is 0.0849. The molecule has 0 spiro atoms. The normalized spacial score (nSPS) is 10.7. The molecule has 3 nitrogen and oxygen atoms in total. The molecule has 0 aliphatic heterocycles. The molecule has 0 radical (unpaired) electrons. The van der Waals surface area contributed by atoms with Crippen LogP contribution in [0.5, 0.6) is 0 Å². The monoisotopic (exact) mass is 223 g/mol. The second kappa shape index (κ2) is 4.40. The first-order chi connectivity index (χ1) is 7.72. The van der Waals surface area contributed by atoms with Crippen molar-refractivity contribution >= 4 is 0 Å². The van der Waals surface area contributed by atoms with Crippen LogP contribution in [0.3, 0.4) is 0 Å². The van der Waals surface area contributed by atoms with Crippen molar-refractivity contribution < 1.29 is 8.78 Å². The average Bonchev–Trinajstić information content (AvgIpc) is 2.67. The highest BCUT2D eigenvalue weighted by molar-refractivity contribution is 5.60. The molecular formula is C11H11F2N3. The number of hydrogen-bond acceptors (Lipinski definition) is 2. The number of H-pyrrole nitrogens is 1. The molecule has 0 fully saturated rings. The molecule has 16 heavy (non-hydrogen) atoms. The maximum atomic E-state index is 13.4. The van der Waals surface area contributed by atoms with Gasteiger partial charge in [0.1, 0.15) is 17.5 Å². The Morgan fingerprint density at radius 2 is 1.94 bits per heavy atom. The summed E-state index contributed by atoms with van der Waals surface area (Å²) in [5.74, 6) is -0.592. The topological polar surface area (TPSA) is 54.7 Å². The Morgan fingerprint density at radius 1 is 1.25 bits per heavy atom. The molecule has 0 aliphatic carbocycles. The van der Waals surface area contributed by atoms with E-state index in [-0.39, 0.29) is 5.56 Å². The first-order valence-corrected chi connectivity index (χ1v) is 4.90. The van der Waals surface area contributed by atoms with Crippen molar-refractivity contribution in [2.24, 2.45) is 5.73 Å². The van der Waals surface area contributed by atoms with Crippen LogP contribution in [0, 0.1) is 11.6 Å². The summed E-state index contributed by atoms with van der Waals surface area (Å²) < 4.78 is 26.8. The van der Waals surface area contributed by atoms with Gasteiger partial charge in [0.2, 0.25) is 0 Å². The van der Waals surface area contributed by atoms with Crippen LogP contribution in [0.1, 0.15) is 5.82 Å². The van der Waals surface area contributed by atoms with E-state index in [2.05, 4.69) is 9.97 Å². The molecular weight excluding hydrogens is 212 g/mol. The van der Waals surface area contributed by atoms with E-state index in [1.54, 1.807) is 0 Å². The fraction of sp³-hybridized carbons (Fsp3) is 0.182. The number of aromatic nitrogens is 2. The fourth-order valence-electron chi connectivity index (χ4n) is 1.51. The van der Waals surface area contributed by atoms with Crippen LogP contribution in [0.25, 0.3) is 11.3 Å². The van der Waals surface area contributed by atoms with E-state index in [9.17, 15) is 8.78 Å². The zero-order valence-corrected chi connectivity index (χ0v) is 8.50. The lowest BCUT2D eigenvalue weighted by Crippen LogP contribution is -2.03. The van der Waals surface area contributed by atoms with Gasteiger partial charge in [-0.1, -0.05) is 6.07 Å². The van der Waals surface area contributed by atoms with E-state index in [1.165, 1.54) is 24.4 Å². The third kappa shape index (κ3) is 1.94. The number of nitrogens with one attached hydrogen (secondary N) is 1. The quantitative estimate of drug-likeness (QED) is 0.834. The summed E-state index contributed by atoms with van der Waals surface area (Å²) in [5, 5.41) is 0. The molecule has 0 atom stereocenters. The maximum Gasteiger partial charge on any atom is 0.135 e. The van der Waals surface area contributed by atoms with E-state index < -0.39 is 11.6 Å². The van der Waals surface area contributed by atoms with Crippen molar-refractivity contribution in [2.75, 3.05) is 6.54 Å². The van der Waals surface area contributed by atoms with Gasteiger partial charge >= 0.3 is 0 Å². The lowest BCUT2D eigenvalue weighted by molar-refractivity contribution is 0.589. The molecule has 0 saturated heterocycles. The Kier molecular flexibility index (Phi) is 2.96. The average molecular weight is 223 g/mol. The van der Waals surface area contributed by atoms with E-state index in [4.69, 9.17) is 5.73 Å². The first-order valence-electron chi connectivity index (χ1n) is 4.90. The Hall–Kier alpha value is -1.75. The number of halogens is 2. The lowest BCUT2D eigenvalue weighted by atomic mass is 10.1. The molecule has 84 valence electrons. The van der Waals surface area contributed by atoms with Crippen molar-refractivity contribution in [3.05, 3.63) is 41.9 Å². The van der Waals surface area contributed by atoms with Crippen molar-refractivity contribution in [3.63, 3.8) is 0 Å². The highest BCUT2D eigenvalue weighted by atomic mass is 19.1. The Labute approximate surface area is 91.3 Å². The van der Waals surface area contributed by atoms with Crippen molar-refractivity contribution in [2.45, 2.75) is 6.42 Å². The molecule has 1 aromatic carbocycles. The van der Waals surface area contributed by atoms with Crippen molar-refractivity contribution in [1.29, 1.82) is 0 Å². The summed E-state index contributed by atoms with van der Waals surface area (Å²) in [4.78, 5) is 6.84. The van der Waals surface area contributed by atoms with Crippen LogP contribution >= 0.6 is 0 Å². The van der Waals surface area contributed by atoms with Gasteiger partial charge in [0.15, 0.2) is 0 Å². The Bertz CT molecular complexity index is 473. The third-order valence-electron chi connectivity index (χ3n) is 2.24. The van der Waals surface area contributed by atoms with E-state index >= 15 is 0 Å². The molecule has 5 heteroatoms. The predicted octanol–water partition coefficient (Wildman–Crippen LogP) is 1.86. The largest absolute Gasteiger partial charge is 0.342 e. The lowest BCUT2D eigenvalue weighted by Gasteiger charge is -2.01. The highest BCUT2D eigenvalue weighted by Gasteiger charge is 2.12. The van der Waals surface area contributed by atoms with Gasteiger partial charge in [-0.15, -0.1) is 0 Å². The third-order valence-corrected chi connectivity index (χ3v) is 2.24. The molecule has 0 aliphatic rings. The number of nitrogens with two attached hydrogens (primary N) is 1. The summed E-state index contributed by atoms with van der Waals surface area (Å²) >= 11 is 0. The molecule has 0 saturated carbocycles. The summed E-state index contributed by atoms with van der Waals surface area (Å²) in [7, 11) is 0. The molecule has 2 aromatic rings. The molecule has 0 bridgehead atoms. The summed E-state index contributed by atoms with van der Waals surface area (Å²) in [6.07, 6.45) is 1.96. The summed E-state index contributed by atoms with van der Waals surface area (Å²) in [5.41, 5.74) is 5.61. The minimum Gasteiger partial charge on any atom is -0.342 e. The van der Waals surface area contributed by atoms with Gasteiger partial charge in [0.05, 0.1) is 17.5 Å². The smallest absolute Gasteiger partial charge is 0.135 e. The van der Waals surface area contributed by atoms with E-state index in [0.717, 1.165) is 0 Å². The fourth-order valence-corrected chi connectivity index (χ4v) is 1.51. The SMILES string of the molecule is NCCc1ncc(-c2c(F)cccc2F)[nH]1. The molecule has 3 N–H and O–H groups in total. The second-order valence-corrected chi connectivity index (χ2v) is 3.38. The van der Waals surface area contributed by atoms with Crippen LogP contribution in [-0.2, 0) is 6.42 Å². The van der Waals surface area contributed by atoms with Crippen LogP contribution < -0.4 is 5.73 Å². The van der Waals surface area contributed by atoms with Gasteiger partial charge in [-0.3, -0.25) is 0 Å².